The number of ketones is 1. The highest BCUT2D eigenvalue weighted by molar-refractivity contribution is 5.88. The van der Waals surface area contributed by atoms with Crippen LogP contribution in [0.4, 0.5) is 10.2 Å². The first-order valence-corrected chi connectivity index (χ1v) is 10.3. The number of aromatic nitrogens is 4. The molecule has 2 aliphatic rings. The molecule has 3 N–H and O–H groups in total. The summed E-state index contributed by atoms with van der Waals surface area (Å²) in [4.78, 5) is 25.5. The number of carbonyl (C=O) groups excluding carboxylic acids is 1. The minimum atomic E-state index is -1.13. The number of benzene rings is 1. The number of anilines is 1. The number of hydrogen-bond acceptors (Lipinski definition) is 7. The number of carbonyl (C=O) groups is 1. The van der Waals surface area contributed by atoms with Crippen LogP contribution in [0, 0.1) is 35.9 Å². The molecule has 32 heavy (non-hydrogen) atoms. The molecule has 2 heterocycles. The molecule has 164 valence electrons. The molecule has 2 saturated carbocycles. The molecule has 0 radical (unpaired) electrons. The third-order valence-corrected chi connectivity index (χ3v) is 6.67. The first kappa shape index (κ1) is 20.5. The van der Waals surface area contributed by atoms with E-state index in [2.05, 4.69) is 32.1 Å². The number of imidazole rings is 1. The van der Waals surface area contributed by atoms with Crippen LogP contribution in [-0.4, -0.2) is 54.8 Å². The highest BCUT2D eigenvalue weighted by Crippen LogP contribution is 2.68. The van der Waals surface area contributed by atoms with Gasteiger partial charge in [-0.1, -0.05) is 5.92 Å². The maximum Gasteiger partial charge on any atom is 0.209 e. The fourth-order valence-corrected chi connectivity index (χ4v) is 5.07. The zero-order valence-corrected chi connectivity index (χ0v) is 17.8. The molecule has 0 spiro atoms. The molecule has 0 saturated heterocycles. The number of halogens is 1. The lowest BCUT2D eigenvalue weighted by atomic mass is 9.95. The normalized spacial score (nSPS) is 28.2. The summed E-state index contributed by atoms with van der Waals surface area (Å²) >= 11 is 0. The smallest absolute Gasteiger partial charge is 0.209 e. The van der Waals surface area contributed by atoms with Crippen molar-refractivity contribution in [1.29, 1.82) is 0 Å². The number of hydrogen-bond donors (Lipinski definition) is 3. The first-order chi connectivity index (χ1) is 15.3. The van der Waals surface area contributed by atoms with Crippen LogP contribution in [0.1, 0.15) is 36.3 Å². The second-order valence-corrected chi connectivity index (χ2v) is 8.57. The summed E-state index contributed by atoms with van der Waals surface area (Å²) in [5.41, 5.74) is 1.28. The number of nitrogens with one attached hydrogen (secondary N) is 1. The van der Waals surface area contributed by atoms with Gasteiger partial charge in [-0.25, -0.2) is 19.3 Å². The van der Waals surface area contributed by atoms with Gasteiger partial charge in [0.2, 0.25) is 5.82 Å². The van der Waals surface area contributed by atoms with Crippen LogP contribution >= 0.6 is 0 Å². The first-order valence-electron chi connectivity index (χ1n) is 10.3. The maximum atomic E-state index is 13.7. The van der Waals surface area contributed by atoms with E-state index in [4.69, 9.17) is 0 Å². The summed E-state index contributed by atoms with van der Waals surface area (Å²) in [7, 11) is 1.70. The molecule has 0 aliphatic heterocycles. The topological polar surface area (TPSA) is 113 Å². The molecule has 0 bridgehead atoms. The Morgan fingerprint density at radius 2 is 2.06 bits per heavy atom. The van der Waals surface area contributed by atoms with E-state index in [1.807, 2.05) is 0 Å². The average Bonchev–Trinajstić information content (AvgIpc) is 3.29. The molecule has 2 aliphatic carbocycles. The van der Waals surface area contributed by atoms with Gasteiger partial charge in [0.15, 0.2) is 17.0 Å². The molecular weight excluding hydrogens is 413 g/mol. The molecule has 2 fully saturated rings. The van der Waals surface area contributed by atoms with Crippen molar-refractivity contribution in [3.63, 3.8) is 0 Å². The quantitative estimate of drug-likeness (QED) is 0.536. The number of aryl methyl sites for hydroxylation is 1. The van der Waals surface area contributed by atoms with Crippen molar-refractivity contribution < 1.29 is 19.4 Å². The Kier molecular flexibility index (Phi) is 4.55. The zero-order chi connectivity index (χ0) is 22.8. The minimum Gasteiger partial charge on any atom is -0.389 e. The van der Waals surface area contributed by atoms with Gasteiger partial charge < -0.3 is 20.1 Å². The lowest BCUT2D eigenvalue weighted by molar-refractivity contribution is -0.128. The molecule has 9 heteroatoms. The largest absolute Gasteiger partial charge is 0.389 e. The molecule has 0 amide bonds. The molecule has 2 unspecified atom stereocenters. The van der Waals surface area contributed by atoms with Gasteiger partial charge in [0, 0.05) is 12.6 Å². The molecule has 5 atom stereocenters. The van der Waals surface area contributed by atoms with Crippen molar-refractivity contribution in [2.75, 3.05) is 12.4 Å². The molecule has 2 aromatic heterocycles. The van der Waals surface area contributed by atoms with Crippen molar-refractivity contribution in [3.8, 4) is 11.8 Å². The van der Waals surface area contributed by atoms with Crippen LogP contribution in [0.2, 0.25) is 0 Å². The number of fused-ring (bicyclic) bond motifs is 2. The summed E-state index contributed by atoms with van der Waals surface area (Å²) in [6.45, 7) is 3.24. The van der Waals surface area contributed by atoms with Crippen molar-refractivity contribution in [2.45, 2.75) is 38.5 Å². The Labute approximate surface area is 183 Å². The summed E-state index contributed by atoms with van der Waals surface area (Å²) in [5, 5.41) is 24.3. The highest BCUT2D eigenvalue weighted by Gasteiger charge is 2.74. The standard InChI is InChI=1S/C23H22FN5O3/c1-11-6-13(8-14(24)7-11)4-5-16-27-21(25-3)17-22(28-16)29(10-26-17)18-15-9-23(15,12(2)30)20(32)19(18)31/h6-8,10,15,18-20,31-32H,9H2,1-3H3,(H,25,27,28)/t15?,18-,19+,20?,23-/m1/s1. The Balaban J connectivity index is 1.59. The number of aliphatic hydroxyl groups is 2. The van der Waals surface area contributed by atoms with E-state index in [1.54, 1.807) is 30.9 Å². The summed E-state index contributed by atoms with van der Waals surface area (Å²) < 4.78 is 15.4. The van der Waals surface area contributed by atoms with Gasteiger partial charge in [0.1, 0.15) is 17.7 Å². The summed E-state index contributed by atoms with van der Waals surface area (Å²) in [5.74, 6) is 5.73. The molecule has 3 aromatic rings. The fourth-order valence-electron chi connectivity index (χ4n) is 5.07. The molecule has 5 rings (SSSR count). The number of Topliss-reactive ketones (excluding diaryl/α,β-unsaturated/α-hetero) is 1. The summed E-state index contributed by atoms with van der Waals surface area (Å²) in [6.07, 6.45) is -0.190. The monoisotopic (exact) mass is 435 g/mol. The molecular formula is C23H22FN5O3. The van der Waals surface area contributed by atoms with E-state index in [1.165, 1.54) is 19.1 Å². The predicted molar refractivity (Wildman–Crippen MR) is 114 cm³/mol. The van der Waals surface area contributed by atoms with Crippen LogP contribution in [0.25, 0.3) is 11.2 Å². The van der Waals surface area contributed by atoms with Crippen molar-refractivity contribution in [1.82, 2.24) is 19.5 Å². The summed E-state index contributed by atoms with van der Waals surface area (Å²) in [6, 6.07) is 3.99. The number of aliphatic hydroxyl groups excluding tert-OH is 2. The Bertz CT molecular complexity index is 1310. The van der Waals surface area contributed by atoms with E-state index in [0.717, 1.165) is 5.56 Å². The van der Waals surface area contributed by atoms with E-state index in [9.17, 15) is 19.4 Å². The fraction of sp³-hybridized carbons (Fsp3) is 0.391. The van der Waals surface area contributed by atoms with Crippen molar-refractivity contribution in [3.05, 3.63) is 47.3 Å². The SMILES string of the molecule is CNc1nc(C#Cc2cc(C)cc(F)c2)nc2c1ncn2[C@@H]1C2C[C@]2(C(C)=O)C(O)[C@H]1O. The van der Waals surface area contributed by atoms with Gasteiger partial charge in [-0.15, -0.1) is 0 Å². The van der Waals surface area contributed by atoms with Gasteiger partial charge in [-0.2, -0.15) is 0 Å². The highest BCUT2D eigenvalue weighted by atomic mass is 19.1. The Hall–Kier alpha value is -3.35. The second kappa shape index (κ2) is 7.08. The van der Waals surface area contributed by atoms with Gasteiger partial charge in [0.25, 0.3) is 0 Å². The maximum absolute atomic E-state index is 13.7. The van der Waals surface area contributed by atoms with Crippen LogP contribution in [0.3, 0.4) is 0 Å². The van der Waals surface area contributed by atoms with Gasteiger partial charge >= 0.3 is 0 Å². The zero-order valence-electron chi connectivity index (χ0n) is 17.8. The average molecular weight is 435 g/mol. The number of nitrogens with zero attached hydrogens (tertiary/aromatic N) is 4. The van der Waals surface area contributed by atoms with Gasteiger partial charge in [0.05, 0.1) is 23.9 Å². The van der Waals surface area contributed by atoms with Crippen molar-refractivity contribution >= 4 is 22.8 Å². The lowest BCUT2D eigenvalue weighted by Gasteiger charge is -2.23. The number of rotatable bonds is 3. The predicted octanol–water partition coefficient (Wildman–Crippen LogP) is 1.59. The third kappa shape index (κ3) is 2.91. The van der Waals surface area contributed by atoms with Crippen LogP contribution < -0.4 is 5.32 Å². The Morgan fingerprint density at radius 3 is 2.72 bits per heavy atom. The molecule has 8 nitrogen and oxygen atoms in total. The van der Waals surface area contributed by atoms with Crippen molar-refractivity contribution in [2.24, 2.45) is 11.3 Å². The van der Waals surface area contributed by atoms with Gasteiger partial charge in [-0.05, 0) is 55.9 Å². The third-order valence-electron chi connectivity index (χ3n) is 6.67. The van der Waals surface area contributed by atoms with Crippen LogP contribution in [0.5, 0.6) is 0 Å². The Morgan fingerprint density at radius 1 is 1.28 bits per heavy atom. The van der Waals surface area contributed by atoms with Gasteiger partial charge in [-0.3, -0.25) is 4.79 Å². The van der Waals surface area contributed by atoms with Crippen LogP contribution in [0.15, 0.2) is 24.5 Å². The van der Waals surface area contributed by atoms with E-state index < -0.39 is 23.7 Å². The van der Waals surface area contributed by atoms with E-state index in [0.29, 0.717) is 29.0 Å². The van der Waals surface area contributed by atoms with E-state index >= 15 is 0 Å². The lowest BCUT2D eigenvalue weighted by Crippen LogP contribution is -2.36. The van der Waals surface area contributed by atoms with E-state index in [-0.39, 0.29) is 23.3 Å². The minimum absolute atomic E-state index is 0.122. The second-order valence-electron chi connectivity index (χ2n) is 8.57. The molecule has 1 aromatic carbocycles. The van der Waals surface area contributed by atoms with Crippen LogP contribution in [-0.2, 0) is 4.79 Å².